The van der Waals surface area contributed by atoms with Gasteiger partial charge in [-0.3, -0.25) is 4.79 Å². The summed E-state index contributed by atoms with van der Waals surface area (Å²) in [4.78, 5) is 16.1. The summed E-state index contributed by atoms with van der Waals surface area (Å²) in [5.74, 6) is -0.0904. The molecule has 1 rings (SSSR count). The Morgan fingerprint density at radius 1 is 1.41 bits per heavy atom. The molecule has 1 aromatic rings. The molecule has 0 aliphatic carbocycles. The number of hydrogen-bond acceptors (Lipinski definition) is 5. The van der Waals surface area contributed by atoms with Gasteiger partial charge in [-0.1, -0.05) is 0 Å². The number of anilines is 1. The Balaban J connectivity index is 2.95. The SMILES string of the molecule is CCOC(OCC)C(=O)c1cc(C)cnc1N. The second kappa shape index (κ2) is 6.32. The fourth-order valence-electron chi connectivity index (χ4n) is 1.41. The van der Waals surface area contributed by atoms with Crippen LogP contribution in [0.25, 0.3) is 0 Å². The van der Waals surface area contributed by atoms with E-state index < -0.39 is 6.29 Å². The smallest absolute Gasteiger partial charge is 0.222 e. The maximum atomic E-state index is 12.1. The quantitative estimate of drug-likeness (QED) is 0.601. The van der Waals surface area contributed by atoms with Crippen molar-refractivity contribution in [1.29, 1.82) is 0 Å². The van der Waals surface area contributed by atoms with Crippen molar-refractivity contribution in [1.82, 2.24) is 4.98 Å². The zero-order valence-electron chi connectivity index (χ0n) is 10.4. The number of rotatable bonds is 6. The van der Waals surface area contributed by atoms with Crippen molar-refractivity contribution in [2.75, 3.05) is 18.9 Å². The molecule has 94 valence electrons. The molecule has 0 atom stereocenters. The fraction of sp³-hybridized carbons (Fsp3) is 0.500. The van der Waals surface area contributed by atoms with Crippen LogP contribution in [0.3, 0.4) is 0 Å². The second-order valence-electron chi connectivity index (χ2n) is 3.55. The molecule has 0 radical (unpaired) electrons. The molecule has 0 aliphatic heterocycles. The van der Waals surface area contributed by atoms with Gasteiger partial charge in [-0.05, 0) is 32.4 Å². The Kier molecular flexibility index (Phi) is 5.06. The van der Waals surface area contributed by atoms with Crippen LogP contribution in [0.15, 0.2) is 12.3 Å². The van der Waals surface area contributed by atoms with Crippen LogP contribution in [0.1, 0.15) is 29.8 Å². The molecule has 5 heteroatoms. The summed E-state index contributed by atoms with van der Waals surface area (Å²) in [6, 6.07) is 1.69. The normalized spacial score (nSPS) is 10.8. The van der Waals surface area contributed by atoms with E-state index in [1.54, 1.807) is 26.1 Å². The minimum Gasteiger partial charge on any atom is -0.383 e. The molecule has 0 bridgehead atoms. The lowest BCUT2D eigenvalue weighted by Crippen LogP contribution is -2.28. The van der Waals surface area contributed by atoms with Crippen LogP contribution in [0.5, 0.6) is 0 Å². The molecule has 0 amide bonds. The lowest BCUT2D eigenvalue weighted by atomic mass is 10.1. The standard InChI is InChI=1S/C12H18N2O3/c1-4-16-12(17-5-2)10(15)9-6-8(3)7-14-11(9)13/h6-7,12H,4-5H2,1-3H3,(H2,13,14). The predicted molar refractivity (Wildman–Crippen MR) is 64.8 cm³/mol. The van der Waals surface area contributed by atoms with E-state index in [4.69, 9.17) is 15.2 Å². The Morgan fingerprint density at radius 2 is 2.00 bits per heavy atom. The summed E-state index contributed by atoms with van der Waals surface area (Å²) in [6.45, 7) is 6.25. The van der Waals surface area contributed by atoms with Crippen molar-refractivity contribution in [3.63, 3.8) is 0 Å². The molecule has 0 fully saturated rings. The number of nitrogen functional groups attached to an aromatic ring is 1. The lowest BCUT2D eigenvalue weighted by Gasteiger charge is -2.16. The highest BCUT2D eigenvalue weighted by Crippen LogP contribution is 2.15. The average molecular weight is 238 g/mol. The van der Waals surface area contributed by atoms with E-state index in [0.717, 1.165) is 5.56 Å². The van der Waals surface area contributed by atoms with Gasteiger partial charge in [0.2, 0.25) is 12.1 Å². The van der Waals surface area contributed by atoms with Crippen molar-refractivity contribution in [2.24, 2.45) is 0 Å². The third kappa shape index (κ3) is 3.51. The zero-order valence-corrected chi connectivity index (χ0v) is 10.4. The predicted octanol–water partition coefficient (Wildman–Crippen LogP) is 1.55. The first-order valence-electron chi connectivity index (χ1n) is 5.59. The van der Waals surface area contributed by atoms with Crippen LogP contribution in [0.2, 0.25) is 0 Å². The van der Waals surface area contributed by atoms with Crippen molar-refractivity contribution in [3.05, 3.63) is 23.4 Å². The van der Waals surface area contributed by atoms with Gasteiger partial charge in [-0.15, -0.1) is 0 Å². The summed E-state index contributed by atoms with van der Waals surface area (Å²) >= 11 is 0. The molecule has 2 N–H and O–H groups in total. The molecule has 0 saturated carbocycles. The van der Waals surface area contributed by atoms with Gasteiger partial charge in [0, 0.05) is 19.4 Å². The van der Waals surface area contributed by atoms with Crippen LogP contribution in [0, 0.1) is 6.92 Å². The number of aryl methyl sites for hydroxylation is 1. The van der Waals surface area contributed by atoms with Crippen LogP contribution >= 0.6 is 0 Å². The number of ketones is 1. The number of pyridine rings is 1. The minimum atomic E-state index is -0.907. The number of hydrogen-bond donors (Lipinski definition) is 1. The van der Waals surface area contributed by atoms with Crippen LogP contribution in [-0.4, -0.2) is 30.3 Å². The summed E-state index contributed by atoms with van der Waals surface area (Å²) < 4.78 is 10.5. The highest BCUT2D eigenvalue weighted by molar-refractivity contribution is 6.02. The highest BCUT2D eigenvalue weighted by atomic mass is 16.7. The van der Waals surface area contributed by atoms with Gasteiger partial charge in [0.25, 0.3) is 0 Å². The van der Waals surface area contributed by atoms with E-state index in [0.29, 0.717) is 18.8 Å². The monoisotopic (exact) mass is 238 g/mol. The van der Waals surface area contributed by atoms with E-state index in [1.807, 2.05) is 6.92 Å². The summed E-state index contributed by atoms with van der Waals surface area (Å²) in [5, 5.41) is 0. The average Bonchev–Trinajstić information content (AvgIpc) is 2.31. The van der Waals surface area contributed by atoms with Gasteiger partial charge in [0.1, 0.15) is 5.82 Å². The Hall–Kier alpha value is -1.46. The molecule has 0 saturated heterocycles. The van der Waals surface area contributed by atoms with Gasteiger partial charge in [-0.2, -0.15) is 0 Å². The number of ether oxygens (including phenoxy) is 2. The first kappa shape index (κ1) is 13.6. The summed E-state index contributed by atoms with van der Waals surface area (Å²) in [5.41, 5.74) is 6.89. The van der Waals surface area contributed by atoms with Crippen molar-refractivity contribution >= 4 is 11.6 Å². The van der Waals surface area contributed by atoms with Crippen LogP contribution < -0.4 is 5.73 Å². The number of Topliss-reactive ketones (excluding diaryl/α,β-unsaturated/α-hetero) is 1. The molecule has 5 nitrogen and oxygen atoms in total. The van der Waals surface area contributed by atoms with Gasteiger partial charge in [0.05, 0.1) is 5.56 Å². The number of carbonyl (C=O) groups excluding carboxylic acids is 1. The Labute approximate surface area is 101 Å². The van der Waals surface area contributed by atoms with E-state index >= 15 is 0 Å². The molecule has 1 aromatic heterocycles. The van der Waals surface area contributed by atoms with E-state index in [9.17, 15) is 4.79 Å². The maximum Gasteiger partial charge on any atom is 0.222 e. The third-order valence-electron chi connectivity index (χ3n) is 2.17. The minimum absolute atomic E-state index is 0.199. The van der Waals surface area contributed by atoms with E-state index in [1.165, 1.54) is 0 Å². The number of aromatic nitrogens is 1. The van der Waals surface area contributed by atoms with Crippen LogP contribution in [0.4, 0.5) is 5.82 Å². The summed E-state index contributed by atoms with van der Waals surface area (Å²) in [6.07, 6.45) is 0.707. The van der Waals surface area contributed by atoms with Crippen LogP contribution in [-0.2, 0) is 9.47 Å². The lowest BCUT2D eigenvalue weighted by molar-refractivity contribution is -0.107. The van der Waals surface area contributed by atoms with Crippen molar-refractivity contribution in [2.45, 2.75) is 27.1 Å². The van der Waals surface area contributed by atoms with E-state index in [-0.39, 0.29) is 11.6 Å². The second-order valence-corrected chi connectivity index (χ2v) is 3.55. The molecule has 0 aliphatic rings. The topological polar surface area (TPSA) is 74.4 Å². The molecule has 0 aromatic carbocycles. The first-order chi connectivity index (χ1) is 8.10. The van der Waals surface area contributed by atoms with E-state index in [2.05, 4.69) is 4.98 Å². The van der Waals surface area contributed by atoms with Gasteiger partial charge in [-0.25, -0.2) is 4.98 Å². The molecular formula is C12H18N2O3. The number of nitrogens with two attached hydrogens (primary N) is 1. The molecule has 0 spiro atoms. The van der Waals surface area contributed by atoms with Gasteiger partial charge >= 0.3 is 0 Å². The zero-order chi connectivity index (χ0) is 12.8. The number of carbonyl (C=O) groups is 1. The first-order valence-corrected chi connectivity index (χ1v) is 5.59. The van der Waals surface area contributed by atoms with Crippen molar-refractivity contribution < 1.29 is 14.3 Å². The van der Waals surface area contributed by atoms with Crippen molar-refractivity contribution in [3.8, 4) is 0 Å². The molecule has 1 heterocycles. The largest absolute Gasteiger partial charge is 0.383 e. The summed E-state index contributed by atoms with van der Waals surface area (Å²) in [7, 11) is 0. The number of nitrogens with zero attached hydrogens (tertiary/aromatic N) is 1. The molecular weight excluding hydrogens is 220 g/mol. The Morgan fingerprint density at radius 3 is 2.53 bits per heavy atom. The molecule has 0 unspecified atom stereocenters. The Bertz CT molecular complexity index is 387. The molecule has 17 heavy (non-hydrogen) atoms. The maximum absolute atomic E-state index is 12.1. The highest BCUT2D eigenvalue weighted by Gasteiger charge is 2.23. The van der Waals surface area contributed by atoms with Gasteiger partial charge in [0.15, 0.2) is 0 Å². The fourth-order valence-corrected chi connectivity index (χ4v) is 1.41. The van der Waals surface area contributed by atoms with Gasteiger partial charge < -0.3 is 15.2 Å². The third-order valence-corrected chi connectivity index (χ3v) is 2.17.